The first-order chi connectivity index (χ1) is 7.54. The Labute approximate surface area is 102 Å². The summed E-state index contributed by atoms with van der Waals surface area (Å²) in [7, 11) is 1.20. The molecule has 0 saturated carbocycles. The van der Waals surface area contributed by atoms with Gasteiger partial charge in [0.25, 0.3) is 0 Å². The quantitative estimate of drug-likeness (QED) is 0.565. The molecular weight excluding hydrogens is 276 g/mol. The molecule has 0 aromatic rings. The van der Waals surface area contributed by atoms with Crippen LogP contribution < -0.4 is 0 Å². The molecular formula is C10H9BrN2O3. The van der Waals surface area contributed by atoms with Crippen molar-refractivity contribution < 1.29 is 14.3 Å². The van der Waals surface area contributed by atoms with Gasteiger partial charge in [-0.15, -0.1) is 6.42 Å². The van der Waals surface area contributed by atoms with Gasteiger partial charge in [-0.2, -0.15) is 5.26 Å². The third kappa shape index (κ3) is 5.18. The monoisotopic (exact) mass is 284 g/mol. The molecule has 0 heterocycles. The van der Waals surface area contributed by atoms with Crippen molar-refractivity contribution in [2.75, 3.05) is 13.7 Å². The minimum atomic E-state index is -0.597. The molecule has 0 radical (unpaired) electrons. The molecule has 0 spiro atoms. The molecule has 1 amide bonds. The summed E-state index contributed by atoms with van der Waals surface area (Å²) in [6, 6.07) is 1.69. The van der Waals surface area contributed by atoms with E-state index in [1.807, 2.05) is 0 Å². The zero-order chi connectivity index (χ0) is 12.6. The summed E-state index contributed by atoms with van der Waals surface area (Å²) < 4.78 is 4.71. The molecule has 0 atom stereocenters. The Balaban J connectivity index is 4.79. The summed E-state index contributed by atoms with van der Waals surface area (Å²) in [5, 5.41) is 8.38. The average Bonchev–Trinajstić information content (AvgIpc) is 2.27. The molecule has 0 unspecified atom stereocenters. The van der Waals surface area contributed by atoms with Crippen LogP contribution in [0.4, 0.5) is 0 Å². The van der Waals surface area contributed by atoms with E-state index in [-0.39, 0.29) is 13.0 Å². The van der Waals surface area contributed by atoms with Crippen molar-refractivity contribution in [2.45, 2.75) is 6.42 Å². The Morgan fingerprint density at radius 2 is 2.25 bits per heavy atom. The average molecular weight is 285 g/mol. The van der Waals surface area contributed by atoms with E-state index in [4.69, 9.17) is 11.7 Å². The lowest BCUT2D eigenvalue weighted by Gasteiger charge is -2.15. The van der Waals surface area contributed by atoms with Crippen LogP contribution in [0.15, 0.2) is 10.7 Å². The van der Waals surface area contributed by atoms with Crippen molar-refractivity contribution in [1.29, 1.82) is 5.26 Å². The maximum absolute atomic E-state index is 11.4. The molecule has 0 aliphatic heterocycles. The number of allylic oxidation sites excluding steroid dienone is 1. The first kappa shape index (κ1) is 14.2. The van der Waals surface area contributed by atoms with Crippen LogP contribution in [0.25, 0.3) is 0 Å². The van der Waals surface area contributed by atoms with Gasteiger partial charge >= 0.3 is 5.97 Å². The summed E-state index contributed by atoms with van der Waals surface area (Å²) in [5.41, 5.74) is 0. The summed E-state index contributed by atoms with van der Waals surface area (Å²) >= 11 is 3.00. The van der Waals surface area contributed by atoms with E-state index in [1.54, 1.807) is 6.07 Å². The first-order valence-corrected chi connectivity index (χ1v) is 4.91. The highest BCUT2D eigenvalue weighted by Gasteiger charge is 2.15. The summed E-state index contributed by atoms with van der Waals surface area (Å²) in [5.74, 6) is 1.11. The number of carbonyl (C=O) groups is 2. The molecule has 84 valence electrons. The summed E-state index contributed by atoms with van der Waals surface area (Å²) in [4.78, 5) is 23.4. The Kier molecular flexibility index (Phi) is 6.66. The van der Waals surface area contributed by atoms with Crippen molar-refractivity contribution in [3.05, 3.63) is 10.7 Å². The van der Waals surface area contributed by atoms with Crippen LogP contribution in [0.3, 0.4) is 0 Å². The van der Waals surface area contributed by atoms with Gasteiger partial charge in [0.15, 0.2) is 0 Å². The van der Waals surface area contributed by atoms with E-state index >= 15 is 0 Å². The van der Waals surface area contributed by atoms with Crippen molar-refractivity contribution in [3.8, 4) is 18.4 Å². The fourth-order valence-corrected chi connectivity index (χ4v) is 1.000. The summed E-state index contributed by atoms with van der Waals surface area (Å²) in [6.45, 7) is -0.284. The molecule has 0 bridgehead atoms. The van der Waals surface area contributed by atoms with E-state index in [9.17, 15) is 9.59 Å². The third-order valence-corrected chi connectivity index (χ3v) is 1.92. The number of methoxy groups -OCH3 is 1. The van der Waals surface area contributed by atoms with Gasteiger partial charge in [0, 0.05) is 6.20 Å². The predicted octanol–water partition coefficient (Wildman–Crippen LogP) is 0.771. The minimum Gasteiger partial charge on any atom is -0.468 e. The lowest BCUT2D eigenvalue weighted by molar-refractivity contribution is -0.145. The SMILES string of the molecule is C#C/C(Br)=C\N(CC(=O)OC)C(=O)CC#N. The second-order valence-corrected chi connectivity index (χ2v) is 3.41. The Morgan fingerprint density at radius 3 is 2.69 bits per heavy atom. The molecule has 0 aromatic heterocycles. The normalized spacial score (nSPS) is 9.88. The largest absolute Gasteiger partial charge is 0.468 e. The molecule has 16 heavy (non-hydrogen) atoms. The number of rotatable bonds is 4. The van der Waals surface area contributed by atoms with Crippen LogP contribution >= 0.6 is 15.9 Å². The Hall–Kier alpha value is -1.79. The van der Waals surface area contributed by atoms with Crippen molar-refractivity contribution in [3.63, 3.8) is 0 Å². The van der Waals surface area contributed by atoms with Gasteiger partial charge in [0.2, 0.25) is 5.91 Å². The first-order valence-electron chi connectivity index (χ1n) is 4.12. The van der Waals surface area contributed by atoms with Crippen LogP contribution in [0, 0.1) is 23.7 Å². The molecule has 0 saturated heterocycles. The van der Waals surface area contributed by atoms with Gasteiger partial charge in [-0.1, -0.05) is 5.92 Å². The maximum atomic E-state index is 11.4. The van der Waals surface area contributed by atoms with Crippen LogP contribution in [0.5, 0.6) is 0 Å². The molecule has 0 fully saturated rings. The number of nitriles is 1. The van der Waals surface area contributed by atoms with Crippen LogP contribution in [-0.4, -0.2) is 30.4 Å². The smallest absolute Gasteiger partial charge is 0.325 e. The van der Waals surface area contributed by atoms with Gasteiger partial charge < -0.3 is 9.64 Å². The van der Waals surface area contributed by atoms with Gasteiger partial charge in [-0.3, -0.25) is 9.59 Å². The second-order valence-electron chi connectivity index (χ2n) is 2.55. The molecule has 0 aliphatic carbocycles. The Morgan fingerprint density at radius 1 is 1.62 bits per heavy atom. The molecule has 0 aliphatic rings. The molecule has 0 rings (SSSR count). The molecule has 5 nitrogen and oxygen atoms in total. The van der Waals surface area contributed by atoms with Crippen molar-refractivity contribution >= 4 is 27.8 Å². The zero-order valence-electron chi connectivity index (χ0n) is 8.57. The van der Waals surface area contributed by atoms with Crippen molar-refractivity contribution in [1.82, 2.24) is 4.90 Å². The minimum absolute atomic E-state index is 0.284. The molecule has 0 N–H and O–H groups in total. The number of halogens is 1. The van der Waals surface area contributed by atoms with E-state index < -0.39 is 11.9 Å². The lowest BCUT2D eigenvalue weighted by atomic mass is 10.4. The second kappa shape index (κ2) is 7.49. The number of hydrogen-bond donors (Lipinski definition) is 0. The topological polar surface area (TPSA) is 70.4 Å². The fourth-order valence-electron chi connectivity index (χ4n) is 0.753. The zero-order valence-corrected chi connectivity index (χ0v) is 10.2. The maximum Gasteiger partial charge on any atom is 0.325 e. The molecule has 6 heteroatoms. The highest BCUT2D eigenvalue weighted by Crippen LogP contribution is 2.06. The van der Waals surface area contributed by atoms with Gasteiger partial charge in [0.05, 0.1) is 17.7 Å². The van der Waals surface area contributed by atoms with Crippen molar-refractivity contribution in [2.24, 2.45) is 0 Å². The van der Waals surface area contributed by atoms with E-state index in [1.165, 1.54) is 13.3 Å². The van der Waals surface area contributed by atoms with Gasteiger partial charge in [0.1, 0.15) is 13.0 Å². The Bertz CT molecular complexity index is 390. The number of nitrogens with zero attached hydrogens (tertiary/aromatic N) is 2. The van der Waals surface area contributed by atoms with Crippen LogP contribution in [0.2, 0.25) is 0 Å². The van der Waals surface area contributed by atoms with E-state index in [0.29, 0.717) is 4.48 Å². The predicted molar refractivity (Wildman–Crippen MR) is 59.8 cm³/mol. The number of hydrogen-bond acceptors (Lipinski definition) is 4. The fraction of sp³-hybridized carbons (Fsp3) is 0.300. The van der Waals surface area contributed by atoms with Crippen LogP contribution in [0.1, 0.15) is 6.42 Å². The van der Waals surface area contributed by atoms with Gasteiger partial charge in [-0.25, -0.2) is 0 Å². The van der Waals surface area contributed by atoms with E-state index in [2.05, 4.69) is 26.6 Å². The standard InChI is InChI=1S/C10H9BrN2O3/c1-3-8(11)6-13(7-10(15)16-2)9(14)4-5-12/h1,6H,4,7H2,2H3/b8-6+. The highest BCUT2D eigenvalue weighted by atomic mass is 79.9. The summed E-state index contributed by atoms with van der Waals surface area (Å²) in [6.07, 6.45) is 6.00. The number of carbonyl (C=O) groups excluding carboxylic acids is 2. The number of amides is 1. The number of ether oxygens (including phenoxy) is 1. The molecule has 0 aromatic carbocycles. The number of esters is 1. The highest BCUT2D eigenvalue weighted by molar-refractivity contribution is 9.12. The number of terminal acetylenes is 1. The van der Waals surface area contributed by atoms with Gasteiger partial charge in [-0.05, 0) is 15.9 Å². The lowest BCUT2D eigenvalue weighted by Crippen LogP contribution is -2.31. The van der Waals surface area contributed by atoms with E-state index in [0.717, 1.165) is 4.90 Å². The van der Waals surface area contributed by atoms with Crippen LogP contribution in [-0.2, 0) is 14.3 Å². The third-order valence-electron chi connectivity index (χ3n) is 1.48.